The van der Waals surface area contributed by atoms with Crippen molar-refractivity contribution in [1.82, 2.24) is 4.90 Å². The van der Waals surface area contributed by atoms with Crippen LogP contribution in [0, 0.1) is 0 Å². The summed E-state index contributed by atoms with van der Waals surface area (Å²) in [7, 11) is 1.79. The van der Waals surface area contributed by atoms with Crippen molar-refractivity contribution < 1.29 is 9.53 Å². The lowest BCUT2D eigenvalue weighted by Crippen LogP contribution is -2.33. The summed E-state index contributed by atoms with van der Waals surface area (Å²) in [5.41, 5.74) is 0.857. The molecule has 0 aliphatic carbocycles. The fourth-order valence-electron chi connectivity index (χ4n) is 1.18. The van der Waals surface area contributed by atoms with Crippen molar-refractivity contribution >= 4 is 33.2 Å². The highest BCUT2D eigenvalue weighted by Gasteiger charge is 2.15. The zero-order valence-corrected chi connectivity index (χ0v) is 13.0. The Morgan fingerprint density at radius 2 is 2.18 bits per heavy atom. The van der Waals surface area contributed by atoms with Crippen molar-refractivity contribution in [1.29, 1.82) is 0 Å². The standard InChI is InChI=1S/C12H18BrNO2S/c1-12(2,3)16-7-11(15)14(4)6-9-5-10(13)17-8-9/h5,8H,6-7H2,1-4H3. The van der Waals surface area contributed by atoms with Crippen LogP contribution in [0.25, 0.3) is 0 Å². The lowest BCUT2D eigenvalue weighted by Gasteiger charge is -2.22. The lowest BCUT2D eigenvalue weighted by atomic mass is 10.2. The van der Waals surface area contributed by atoms with E-state index in [9.17, 15) is 4.79 Å². The van der Waals surface area contributed by atoms with Gasteiger partial charge in [0.25, 0.3) is 0 Å². The Kier molecular flexibility index (Phi) is 5.16. The van der Waals surface area contributed by atoms with Crippen molar-refractivity contribution in [2.24, 2.45) is 0 Å². The topological polar surface area (TPSA) is 29.5 Å². The minimum absolute atomic E-state index is 0.00208. The highest BCUT2D eigenvalue weighted by molar-refractivity contribution is 9.11. The number of halogens is 1. The second-order valence-electron chi connectivity index (χ2n) is 4.91. The molecule has 0 aliphatic heterocycles. The Hall–Kier alpha value is -0.390. The quantitative estimate of drug-likeness (QED) is 0.852. The van der Waals surface area contributed by atoms with Crippen LogP contribution in [0.2, 0.25) is 0 Å². The maximum absolute atomic E-state index is 11.8. The van der Waals surface area contributed by atoms with E-state index < -0.39 is 0 Å². The highest BCUT2D eigenvalue weighted by Crippen LogP contribution is 2.21. The molecule has 96 valence electrons. The molecule has 0 bridgehead atoms. The van der Waals surface area contributed by atoms with Crippen molar-refractivity contribution in [2.45, 2.75) is 32.9 Å². The fraction of sp³-hybridized carbons (Fsp3) is 0.583. The minimum Gasteiger partial charge on any atom is -0.366 e. The molecule has 0 saturated heterocycles. The van der Waals surface area contributed by atoms with Gasteiger partial charge in [-0.05, 0) is 53.7 Å². The molecule has 5 heteroatoms. The fourth-order valence-corrected chi connectivity index (χ4v) is 2.38. The molecule has 0 spiro atoms. The summed E-state index contributed by atoms with van der Waals surface area (Å²) in [6, 6.07) is 2.03. The van der Waals surface area contributed by atoms with Crippen LogP contribution in [-0.4, -0.2) is 30.1 Å². The smallest absolute Gasteiger partial charge is 0.248 e. The van der Waals surface area contributed by atoms with Crippen molar-refractivity contribution in [3.8, 4) is 0 Å². The van der Waals surface area contributed by atoms with E-state index >= 15 is 0 Å². The number of nitrogens with zero attached hydrogens (tertiary/aromatic N) is 1. The van der Waals surface area contributed by atoms with Gasteiger partial charge in [-0.1, -0.05) is 0 Å². The number of carbonyl (C=O) groups excluding carboxylic acids is 1. The normalized spacial score (nSPS) is 11.6. The average Bonchev–Trinajstić information content (AvgIpc) is 2.59. The van der Waals surface area contributed by atoms with E-state index in [1.54, 1.807) is 23.3 Å². The second-order valence-corrected chi connectivity index (χ2v) is 7.20. The summed E-state index contributed by atoms with van der Waals surface area (Å²) < 4.78 is 6.54. The van der Waals surface area contributed by atoms with Crippen LogP contribution in [0.5, 0.6) is 0 Å². The minimum atomic E-state index is -0.276. The first-order chi connectivity index (χ1) is 7.78. The monoisotopic (exact) mass is 319 g/mol. The van der Waals surface area contributed by atoms with Gasteiger partial charge in [-0.15, -0.1) is 11.3 Å². The third-order valence-corrected chi connectivity index (χ3v) is 3.65. The van der Waals surface area contributed by atoms with Gasteiger partial charge in [-0.3, -0.25) is 4.79 Å². The number of amides is 1. The molecule has 1 amide bonds. The molecule has 1 rings (SSSR count). The van der Waals surface area contributed by atoms with Gasteiger partial charge in [-0.2, -0.15) is 0 Å². The third kappa shape index (κ3) is 5.66. The van der Waals surface area contributed by atoms with Gasteiger partial charge in [0.15, 0.2) is 0 Å². The molecule has 0 aromatic carbocycles. The molecule has 1 heterocycles. The first-order valence-corrected chi connectivity index (χ1v) is 7.06. The summed E-state index contributed by atoms with van der Waals surface area (Å²) in [6.45, 7) is 6.57. The number of hydrogen-bond acceptors (Lipinski definition) is 3. The van der Waals surface area contributed by atoms with Crippen LogP contribution in [0.15, 0.2) is 15.2 Å². The number of carbonyl (C=O) groups is 1. The largest absolute Gasteiger partial charge is 0.366 e. The Balaban J connectivity index is 2.42. The van der Waals surface area contributed by atoms with Gasteiger partial charge in [0.05, 0.1) is 9.39 Å². The lowest BCUT2D eigenvalue weighted by molar-refractivity contribution is -0.140. The Labute approximate surface area is 115 Å². The summed E-state index contributed by atoms with van der Waals surface area (Å²) in [5.74, 6) is 0.00208. The number of likely N-dealkylation sites (N-methyl/N-ethyl adjacent to an activating group) is 1. The van der Waals surface area contributed by atoms with Crippen LogP contribution >= 0.6 is 27.3 Å². The number of ether oxygens (including phenoxy) is 1. The van der Waals surface area contributed by atoms with Crippen LogP contribution in [0.3, 0.4) is 0 Å². The molecule has 17 heavy (non-hydrogen) atoms. The number of thiophene rings is 1. The van der Waals surface area contributed by atoms with E-state index in [1.165, 1.54) is 0 Å². The van der Waals surface area contributed by atoms with E-state index in [0.717, 1.165) is 9.35 Å². The summed E-state index contributed by atoms with van der Waals surface area (Å²) in [4.78, 5) is 13.5. The molecule has 0 radical (unpaired) electrons. The van der Waals surface area contributed by atoms with Gasteiger partial charge < -0.3 is 9.64 Å². The van der Waals surface area contributed by atoms with E-state index in [2.05, 4.69) is 15.9 Å². The summed E-state index contributed by atoms with van der Waals surface area (Å²) in [6.07, 6.45) is 0. The molecule has 0 fully saturated rings. The predicted octanol–water partition coefficient (Wildman–Crippen LogP) is 3.28. The number of rotatable bonds is 4. The first-order valence-electron chi connectivity index (χ1n) is 5.39. The van der Waals surface area contributed by atoms with Gasteiger partial charge >= 0.3 is 0 Å². The summed E-state index contributed by atoms with van der Waals surface area (Å²) in [5, 5.41) is 2.04. The molecule has 0 aliphatic rings. The van der Waals surface area contributed by atoms with E-state index in [4.69, 9.17) is 4.74 Å². The van der Waals surface area contributed by atoms with Gasteiger partial charge in [-0.25, -0.2) is 0 Å². The van der Waals surface area contributed by atoms with Crippen LogP contribution in [-0.2, 0) is 16.1 Å². The highest BCUT2D eigenvalue weighted by atomic mass is 79.9. The maximum Gasteiger partial charge on any atom is 0.248 e. The molecule has 3 nitrogen and oxygen atoms in total. The van der Waals surface area contributed by atoms with Gasteiger partial charge in [0.2, 0.25) is 5.91 Å². The van der Waals surface area contributed by atoms with Crippen LogP contribution < -0.4 is 0 Å². The molecule has 0 N–H and O–H groups in total. The third-order valence-electron chi connectivity index (χ3n) is 2.10. The average molecular weight is 320 g/mol. The zero-order valence-electron chi connectivity index (χ0n) is 10.6. The van der Waals surface area contributed by atoms with Crippen molar-refractivity contribution in [3.63, 3.8) is 0 Å². The van der Waals surface area contributed by atoms with Gasteiger partial charge in [0, 0.05) is 13.6 Å². The van der Waals surface area contributed by atoms with Crippen molar-refractivity contribution in [3.05, 3.63) is 20.8 Å². The Morgan fingerprint density at radius 1 is 1.53 bits per heavy atom. The first kappa shape index (κ1) is 14.7. The predicted molar refractivity (Wildman–Crippen MR) is 74.2 cm³/mol. The maximum atomic E-state index is 11.8. The van der Waals surface area contributed by atoms with E-state index in [1.807, 2.05) is 32.2 Å². The molecule has 1 aromatic rings. The Bertz CT molecular complexity index is 384. The van der Waals surface area contributed by atoms with Gasteiger partial charge in [0.1, 0.15) is 6.61 Å². The van der Waals surface area contributed by atoms with Crippen molar-refractivity contribution in [2.75, 3.05) is 13.7 Å². The molecule has 1 aromatic heterocycles. The molecule has 0 unspecified atom stereocenters. The Morgan fingerprint density at radius 3 is 2.65 bits per heavy atom. The second kappa shape index (κ2) is 5.98. The zero-order chi connectivity index (χ0) is 13.1. The molecular weight excluding hydrogens is 302 g/mol. The molecule has 0 atom stereocenters. The van der Waals surface area contributed by atoms with E-state index in [0.29, 0.717) is 6.54 Å². The molecular formula is C12H18BrNO2S. The SMILES string of the molecule is CN(Cc1csc(Br)c1)C(=O)COC(C)(C)C. The van der Waals surface area contributed by atoms with E-state index in [-0.39, 0.29) is 18.1 Å². The number of hydrogen-bond donors (Lipinski definition) is 0. The molecule has 0 saturated carbocycles. The van der Waals surface area contributed by atoms with Crippen LogP contribution in [0.4, 0.5) is 0 Å². The van der Waals surface area contributed by atoms with Crippen LogP contribution in [0.1, 0.15) is 26.3 Å². The summed E-state index contributed by atoms with van der Waals surface area (Å²) >= 11 is 5.03.